The first kappa shape index (κ1) is 20.0. The maximum atomic E-state index is 13.0. The topological polar surface area (TPSA) is 84.4 Å². The summed E-state index contributed by atoms with van der Waals surface area (Å²) in [4.78, 5) is 34.5. The molecule has 3 aromatic rings. The quantitative estimate of drug-likeness (QED) is 0.641. The lowest BCUT2D eigenvalue weighted by atomic mass is 10.2. The second-order valence-corrected chi connectivity index (χ2v) is 6.37. The number of hydrogen-bond donors (Lipinski definition) is 1. The number of nitrogens with one attached hydrogen (secondary N) is 1. The van der Waals surface area contributed by atoms with E-state index in [2.05, 4.69) is 15.3 Å². The van der Waals surface area contributed by atoms with Crippen molar-refractivity contribution in [1.29, 1.82) is 0 Å². The lowest BCUT2D eigenvalue weighted by Gasteiger charge is -2.21. The van der Waals surface area contributed by atoms with E-state index in [4.69, 9.17) is 4.74 Å². The van der Waals surface area contributed by atoms with Gasteiger partial charge in [-0.15, -0.1) is 0 Å². The fourth-order valence-corrected chi connectivity index (χ4v) is 2.88. The molecule has 0 spiro atoms. The smallest absolute Gasteiger partial charge is 0.337 e. The van der Waals surface area contributed by atoms with Crippen LogP contribution < -0.4 is 10.2 Å². The summed E-state index contributed by atoms with van der Waals surface area (Å²) < 4.78 is 4.69. The van der Waals surface area contributed by atoms with Gasteiger partial charge in [-0.05, 0) is 55.8 Å². The zero-order valence-electron chi connectivity index (χ0n) is 16.5. The van der Waals surface area contributed by atoms with Gasteiger partial charge in [-0.3, -0.25) is 4.79 Å². The standard InChI is InChI=1S/C22H22N4O3/c1-4-26(18-7-5-6-15(2)12-18)21(27)19-13-20(24-14-23-19)25-17-10-8-16(9-11-17)22(28)29-3/h5-14H,4H2,1-3H3,(H,23,24,25). The Morgan fingerprint density at radius 2 is 1.83 bits per heavy atom. The number of aryl methyl sites for hydroxylation is 1. The summed E-state index contributed by atoms with van der Waals surface area (Å²) in [6.45, 7) is 4.42. The minimum atomic E-state index is -0.401. The molecule has 0 aliphatic carbocycles. The molecule has 0 fully saturated rings. The van der Waals surface area contributed by atoms with E-state index in [0.717, 1.165) is 16.9 Å². The summed E-state index contributed by atoms with van der Waals surface area (Å²) in [5.41, 5.74) is 3.37. The van der Waals surface area contributed by atoms with E-state index in [-0.39, 0.29) is 11.6 Å². The monoisotopic (exact) mass is 390 g/mol. The summed E-state index contributed by atoms with van der Waals surface area (Å²) in [6.07, 6.45) is 1.35. The third-order valence-corrected chi connectivity index (χ3v) is 4.34. The van der Waals surface area contributed by atoms with Crippen LogP contribution in [-0.2, 0) is 4.74 Å². The van der Waals surface area contributed by atoms with Crippen molar-refractivity contribution in [2.45, 2.75) is 13.8 Å². The molecule has 148 valence electrons. The number of rotatable bonds is 6. The Hall–Kier alpha value is -3.74. The molecule has 0 aliphatic rings. The molecule has 0 saturated carbocycles. The molecule has 0 unspecified atom stereocenters. The third kappa shape index (κ3) is 4.76. The second kappa shape index (κ2) is 8.97. The molecule has 29 heavy (non-hydrogen) atoms. The van der Waals surface area contributed by atoms with Crippen LogP contribution >= 0.6 is 0 Å². The highest BCUT2D eigenvalue weighted by Crippen LogP contribution is 2.20. The highest BCUT2D eigenvalue weighted by Gasteiger charge is 2.18. The SMILES string of the molecule is CCN(C(=O)c1cc(Nc2ccc(C(=O)OC)cc2)ncn1)c1cccc(C)c1. The van der Waals surface area contributed by atoms with Crippen LogP contribution in [0.1, 0.15) is 33.3 Å². The number of benzene rings is 2. The molecule has 1 N–H and O–H groups in total. The zero-order valence-corrected chi connectivity index (χ0v) is 16.5. The van der Waals surface area contributed by atoms with Gasteiger partial charge in [0.15, 0.2) is 0 Å². The van der Waals surface area contributed by atoms with Crippen molar-refractivity contribution < 1.29 is 14.3 Å². The maximum absolute atomic E-state index is 13.0. The summed E-state index contributed by atoms with van der Waals surface area (Å²) in [5, 5.41) is 3.12. The number of esters is 1. The van der Waals surface area contributed by atoms with Crippen LogP contribution in [0.5, 0.6) is 0 Å². The first-order valence-electron chi connectivity index (χ1n) is 9.17. The average molecular weight is 390 g/mol. The predicted molar refractivity (Wildman–Crippen MR) is 112 cm³/mol. The number of amides is 1. The number of anilines is 3. The van der Waals surface area contributed by atoms with Crippen molar-refractivity contribution in [3.05, 3.63) is 77.7 Å². The molecular formula is C22H22N4O3. The number of methoxy groups -OCH3 is 1. The number of hydrogen-bond acceptors (Lipinski definition) is 6. The summed E-state index contributed by atoms with van der Waals surface area (Å²) in [7, 11) is 1.34. The molecule has 7 heteroatoms. The minimum Gasteiger partial charge on any atom is -0.465 e. The van der Waals surface area contributed by atoms with Gasteiger partial charge in [-0.1, -0.05) is 12.1 Å². The van der Waals surface area contributed by atoms with Gasteiger partial charge >= 0.3 is 5.97 Å². The minimum absolute atomic E-state index is 0.204. The van der Waals surface area contributed by atoms with E-state index in [1.165, 1.54) is 13.4 Å². The molecular weight excluding hydrogens is 368 g/mol. The zero-order chi connectivity index (χ0) is 20.8. The first-order valence-corrected chi connectivity index (χ1v) is 9.17. The van der Waals surface area contributed by atoms with E-state index >= 15 is 0 Å². The van der Waals surface area contributed by atoms with Crippen LogP contribution in [0.3, 0.4) is 0 Å². The molecule has 3 rings (SSSR count). The largest absolute Gasteiger partial charge is 0.465 e. The fraction of sp³-hybridized carbons (Fsp3) is 0.182. The van der Waals surface area contributed by atoms with E-state index in [1.54, 1.807) is 35.2 Å². The van der Waals surface area contributed by atoms with Crippen LogP contribution in [0.2, 0.25) is 0 Å². The molecule has 0 atom stereocenters. The maximum Gasteiger partial charge on any atom is 0.337 e. The van der Waals surface area contributed by atoms with Gasteiger partial charge < -0.3 is 15.0 Å². The van der Waals surface area contributed by atoms with E-state index in [0.29, 0.717) is 17.9 Å². The fourth-order valence-electron chi connectivity index (χ4n) is 2.88. The Bertz CT molecular complexity index is 1020. The Labute approximate surface area is 169 Å². The number of aromatic nitrogens is 2. The predicted octanol–water partition coefficient (Wildman–Crippen LogP) is 3.98. The summed E-state index contributed by atoms with van der Waals surface area (Å²) in [5.74, 6) is -0.124. The molecule has 0 radical (unpaired) electrons. The van der Waals surface area contributed by atoms with Gasteiger partial charge in [0.1, 0.15) is 17.8 Å². The van der Waals surface area contributed by atoms with Crippen LogP contribution in [0.25, 0.3) is 0 Å². The van der Waals surface area contributed by atoms with Crippen molar-refractivity contribution in [2.75, 3.05) is 23.9 Å². The van der Waals surface area contributed by atoms with E-state index in [1.807, 2.05) is 38.1 Å². The van der Waals surface area contributed by atoms with Gasteiger partial charge in [-0.25, -0.2) is 14.8 Å². The summed E-state index contributed by atoms with van der Waals surface area (Å²) in [6, 6.07) is 16.2. The Kier molecular flexibility index (Phi) is 6.19. The molecule has 2 aromatic carbocycles. The second-order valence-electron chi connectivity index (χ2n) is 6.37. The Balaban J connectivity index is 1.79. The lowest BCUT2D eigenvalue weighted by molar-refractivity contribution is 0.0600. The van der Waals surface area contributed by atoms with Gasteiger partial charge in [0, 0.05) is 24.0 Å². The van der Waals surface area contributed by atoms with Crippen LogP contribution in [0.4, 0.5) is 17.2 Å². The van der Waals surface area contributed by atoms with E-state index < -0.39 is 5.97 Å². The molecule has 7 nitrogen and oxygen atoms in total. The molecule has 1 heterocycles. The van der Waals surface area contributed by atoms with Gasteiger partial charge in [0.25, 0.3) is 5.91 Å². The van der Waals surface area contributed by atoms with Crippen molar-refractivity contribution in [1.82, 2.24) is 9.97 Å². The van der Waals surface area contributed by atoms with Crippen molar-refractivity contribution >= 4 is 29.1 Å². The van der Waals surface area contributed by atoms with Gasteiger partial charge in [-0.2, -0.15) is 0 Å². The molecule has 1 aromatic heterocycles. The van der Waals surface area contributed by atoms with Crippen molar-refractivity contribution in [3.63, 3.8) is 0 Å². The normalized spacial score (nSPS) is 10.3. The van der Waals surface area contributed by atoms with Crippen molar-refractivity contribution in [3.8, 4) is 0 Å². The van der Waals surface area contributed by atoms with Crippen LogP contribution in [-0.4, -0.2) is 35.5 Å². The number of nitrogens with zero attached hydrogens (tertiary/aromatic N) is 3. The van der Waals surface area contributed by atoms with Gasteiger partial charge in [0.05, 0.1) is 12.7 Å². The average Bonchev–Trinajstić information content (AvgIpc) is 2.74. The number of ether oxygens (including phenoxy) is 1. The molecule has 0 bridgehead atoms. The van der Waals surface area contributed by atoms with Crippen LogP contribution in [0, 0.1) is 6.92 Å². The number of carbonyl (C=O) groups is 2. The highest BCUT2D eigenvalue weighted by atomic mass is 16.5. The van der Waals surface area contributed by atoms with Gasteiger partial charge in [0.2, 0.25) is 0 Å². The number of carbonyl (C=O) groups excluding carboxylic acids is 2. The highest BCUT2D eigenvalue weighted by molar-refractivity contribution is 6.05. The molecule has 0 saturated heterocycles. The summed E-state index contributed by atoms with van der Waals surface area (Å²) >= 11 is 0. The first-order chi connectivity index (χ1) is 14.0. The third-order valence-electron chi connectivity index (χ3n) is 4.34. The molecule has 0 aliphatic heterocycles. The Morgan fingerprint density at radius 3 is 2.48 bits per heavy atom. The Morgan fingerprint density at radius 1 is 1.07 bits per heavy atom. The molecule has 1 amide bonds. The van der Waals surface area contributed by atoms with E-state index in [9.17, 15) is 9.59 Å². The van der Waals surface area contributed by atoms with Crippen molar-refractivity contribution in [2.24, 2.45) is 0 Å². The lowest BCUT2D eigenvalue weighted by Crippen LogP contribution is -2.31. The van der Waals surface area contributed by atoms with Crippen LogP contribution in [0.15, 0.2) is 60.9 Å².